The minimum Gasteiger partial charge on any atom is -0.483 e. The zero-order valence-electron chi connectivity index (χ0n) is 17.5. The summed E-state index contributed by atoms with van der Waals surface area (Å²) < 4.78 is 7.00. The Kier molecular flexibility index (Phi) is 12.1. The van der Waals surface area contributed by atoms with Crippen LogP contribution in [0.4, 0.5) is 0 Å². The molecule has 2 aromatic rings. The number of methoxy groups -OCH3 is 1. The van der Waals surface area contributed by atoms with Gasteiger partial charge in [-0.3, -0.25) is 24.3 Å². The molecule has 1 amide bonds. The lowest BCUT2D eigenvalue weighted by Gasteiger charge is -2.41. The number of piperidine rings is 1. The minimum absolute atomic E-state index is 0.0473. The molecule has 1 aliphatic heterocycles. The third-order valence-corrected chi connectivity index (χ3v) is 4.85. The predicted octanol–water partition coefficient (Wildman–Crippen LogP) is 0.434. The van der Waals surface area contributed by atoms with E-state index in [-0.39, 0.29) is 18.9 Å². The highest BCUT2D eigenvalue weighted by Crippen LogP contribution is 2.31. The Hall–Kier alpha value is -3.31. The van der Waals surface area contributed by atoms with Gasteiger partial charge in [0.1, 0.15) is 5.54 Å². The van der Waals surface area contributed by atoms with E-state index >= 15 is 0 Å². The van der Waals surface area contributed by atoms with Gasteiger partial charge < -0.3 is 24.8 Å². The number of amides is 1. The van der Waals surface area contributed by atoms with Crippen molar-refractivity contribution >= 4 is 18.9 Å². The molecule has 1 saturated heterocycles. The average molecular weight is 435 g/mol. The Morgan fingerprint density at radius 1 is 1.16 bits per heavy atom. The van der Waals surface area contributed by atoms with Gasteiger partial charge in [0.2, 0.25) is 5.91 Å². The molecule has 0 saturated carbocycles. The van der Waals surface area contributed by atoms with Crippen LogP contribution in [0, 0.1) is 0 Å². The van der Waals surface area contributed by atoms with Crippen LogP contribution in [0.3, 0.4) is 0 Å². The second-order valence-corrected chi connectivity index (χ2v) is 6.59. The first-order valence-corrected chi connectivity index (χ1v) is 9.60. The fourth-order valence-electron chi connectivity index (χ4n) is 3.37. The van der Waals surface area contributed by atoms with E-state index in [1.165, 1.54) is 5.56 Å². The van der Waals surface area contributed by atoms with E-state index in [9.17, 15) is 4.79 Å². The second kappa shape index (κ2) is 14.6. The van der Waals surface area contributed by atoms with Gasteiger partial charge in [-0.1, -0.05) is 0 Å². The molecule has 1 fully saturated rings. The molecule has 11 heteroatoms. The van der Waals surface area contributed by atoms with E-state index in [2.05, 4.69) is 20.2 Å². The number of carbonyl (C=O) groups is 3. The highest BCUT2D eigenvalue weighted by Gasteiger charge is 2.42. The maximum absolute atomic E-state index is 12.9. The van der Waals surface area contributed by atoms with Crippen molar-refractivity contribution in [1.82, 2.24) is 24.8 Å². The normalized spacial score (nSPS) is 14.7. The Morgan fingerprint density at radius 3 is 2.29 bits per heavy atom. The highest BCUT2D eigenvalue weighted by molar-refractivity contribution is 5.84. The molecule has 0 bridgehead atoms. The number of nitrogens with zero attached hydrogens (tertiary/aromatic N) is 4. The van der Waals surface area contributed by atoms with Crippen molar-refractivity contribution in [3.05, 3.63) is 48.8 Å². The Labute approximate surface area is 180 Å². The van der Waals surface area contributed by atoms with Crippen molar-refractivity contribution in [3.8, 4) is 0 Å². The monoisotopic (exact) mass is 435 g/mol. The predicted molar refractivity (Wildman–Crippen MR) is 111 cm³/mol. The van der Waals surface area contributed by atoms with E-state index < -0.39 is 5.54 Å². The van der Waals surface area contributed by atoms with Gasteiger partial charge in [0.05, 0.1) is 12.9 Å². The van der Waals surface area contributed by atoms with Crippen LogP contribution >= 0.6 is 0 Å². The molecular weight excluding hydrogens is 406 g/mol. The lowest BCUT2D eigenvalue weighted by Crippen LogP contribution is -2.55. The minimum atomic E-state index is -0.570. The Morgan fingerprint density at radius 2 is 1.77 bits per heavy atom. The summed E-state index contributed by atoms with van der Waals surface area (Å²) in [4.78, 5) is 40.2. The molecule has 11 nitrogen and oxygen atoms in total. The number of ether oxygens (including phenoxy) is 1. The van der Waals surface area contributed by atoms with Gasteiger partial charge in [-0.05, 0) is 30.5 Å². The highest BCUT2D eigenvalue weighted by atomic mass is 16.5. The van der Waals surface area contributed by atoms with Crippen LogP contribution in [0.2, 0.25) is 0 Å². The Balaban J connectivity index is 0.000000720. The summed E-state index contributed by atoms with van der Waals surface area (Å²) in [5.41, 5.74) is 0.675. The lowest BCUT2D eigenvalue weighted by molar-refractivity contribution is -0.133. The van der Waals surface area contributed by atoms with Crippen LogP contribution in [-0.2, 0) is 31.2 Å². The van der Waals surface area contributed by atoms with Gasteiger partial charge >= 0.3 is 0 Å². The summed E-state index contributed by atoms with van der Waals surface area (Å²) in [5.74, 6) is 0.0473. The third kappa shape index (κ3) is 8.15. The zero-order valence-corrected chi connectivity index (χ0v) is 17.5. The van der Waals surface area contributed by atoms with Crippen LogP contribution < -0.4 is 5.32 Å². The summed E-state index contributed by atoms with van der Waals surface area (Å²) in [6, 6.07) is 4.07. The van der Waals surface area contributed by atoms with E-state index in [0.717, 1.165) is 32.5 Å². The smallest absolute Gasteiger partial charge is 0.290 e. The second-order valence-electron chi connectivity index (χ2n) is 6.59. The van der Waals surface area contributed by atoms with Crippen molar-refractivity contribution in [2.75, 3.05) is 33.4 Å². The number of imidazole rings is 1. The molecule has 170 valence electrons. The fraction of sp³-hybridized carbons (Fsp3) is 0.450. The molecule has 3 N–H and O–H groups in total. The van der Waals surface area contributed by atoms with Gasteiger partial charge in [-0.25, -0.2) is 4.98 Å². The molecule has 0 atom stereocenters. The van der Waals surface area contributed by atoms with E-state index in [1.807, 2.05) is 35.3 Å². The van der Waals surface area contributed by atoms with Crippen LogP contribution in [0.5, 0.6) is 0 Å². The number of carboxylic acid groups (broad SMARTS) is 2. The number of hydrogen-bond donors (Lipinski definition) is 3. The largest absolute Gasteiger partial charge is 0.483 e. The van der Waals surface area contributed by atoms with Gasteiger partial charge in [0.15, 0.2) is 0 Å². The number of carbonyl (C=O) groups excluding carboxylic acids is 1. The van der Waals surface area contributed by atoms with Crippen LogP contribution in [0.1, 0.15) is 18.4 Å². The number of aromatic nitrogens is 3. The number of nitrogens with one attached hydrogen (secondary N) is 1. The first-order chi connectivity index (χ1) is 15.1. The number of hydrogen-bond acceptors (Lipinski definition) is 7. The molecule has 0 spiro atoms. The first-order valence-electron chi connectivity index (χ1n) is 9.60. The van der Waals surface area contributed by atoms with E-state index in [4.69, 9.17) is 24.5 Å². The van der Waals surface area contributed by atoms with Crippen LogP contribution in [-0.4, -0.2) is 81.9 Å². The van der Waals surface area contributed by atoms with Crippen molar-refractivity contribution < 1.29 is 29.3 Å². The maximum atomic E-state index is 12.9. The van der Waals surface area contributed by atoms with E-state index in [1.54, 1.807) is 19.6 Å². The van der Waals surface area contributed by atoms with Gasteiger partial charge in [-0.2, -0.15) is 0 Å². The zero-order chi connectivity index (χ0) is 23.0. The third-order valence-electron chi connectivity index (χ3n) is 4.85. The molecule has 1 aliphatic rings. The summed E-state index contributed by atoms with van der Waals surface area (Å²) in [7, 11) is 1.63. The molecular formula is C20H29N5O6. The van der Waals surface area contributed by atoms with Crippen LogP contribution in [0.15, 0.2) is 43.2 Å². The van der Waals surface area contributed by atoms with Gasteiger partial charge in [0, 0.05) is 58.1 Å². The number of likely N-dealkylation sites (tertiary alicyclic amines) is 1. The molecule has 0 radical (unpaired) electrons. The fourth-order valence-corrected chi connectivity index (χ4v) is 3.37. The molecule has 0 unspecified atom stereocenters. The van der Waals surface area contributed by atoms with Crippen LogP contribution in [0.25, 0.3) is 0 Å². The Bertz CT molecular complexity index is 743. The first kappa shape index (κ1) is 25.7. The molecule has 0 aliphatic carbocycles. The van der Waals surface area contributed by atoms with Crippen molar-refractivity contribution in [2.45, 2.75) is 24.9 Å². The van der Waals surface area contributed by atoms with Gasteiger partial charge in [-0.15, -0.1) is 0 Å². The quantitative estimate of drug-likeness (QED) is 0.416. The molecule has 0 aromatic carbocycles. The average Bonchev–Trinajstić information content (AvgIpc) is 3.32. The molecule has 3 heterocycles. The molecule has 2 aromatic heterocycles. The molecule has 31 heavy (non-hydrogen) atoms. The summed E-state index contributed by atoms with van der Waals surface area (Å²) in [5, 5.41) is 16.8. The molecule has 3 rings (SSSR count). The van der Waals surface area contributed by atoms with E-state index in [0.29, 0.717) is 13.2 Å². The summed E-state index contributed by atoms with van der Waals surface area (Å²) in [6.07, 6.45) is 10.5. The summed E-state index contributed by atoms with van der Waals surface area (Å²) >= 11 is 0. The van der Waals surface area contributed by atoms with Crippen molar-refractivity contribution in [3.63, 3.8) is 0 Å². The number of rotatable bonds is 7. The van der Waals surface area contributed by atoms with Crippen molar-refractivity contribution in [2.24, 2.45) is 0 Å². The lowest BCUT2D eigenvalue weighted by atomic mass is 9.86. The topological polar surface area (TPSA) is 147 Å². The van der Waals surface area contributed by atoms with Gasteiger partial charge in [0.25, 0.3) is 12.9 Å². The maximum Gasteiger partial charge on any atom is 0.290 e. The summed E-state index contributed by atoms with van der Waals surface area (Å²) in [6.45, 7) is 3.14. The standard InChI is InChI=1S/C18H25N5O2.2CH2O2/c1-25-13-9-21-17(24)18(23-12-8-20-15-23)4-10-22(11-5-18)14-16-2-6-19-7-3-16;2*2-1-3/h2-3,6-8,12,15H,4-5,9-11,13-14H2,1H3,(H,21,24);2*1H,(H,2,3). The number of pyridine rings is 1. The SMILES string of the molecule is COCCNC(=O)C1(n2ccnc2)CCN(Cc2ccncc2)CC1.O=CO.O=CO. The van der Waals surface area contributed by atoms with Crippen molar-refractivity contribution in [1.29, 1.82) is 0 Å².